The smallest absolute Gasteiger partial charge is 0.240 e. The van der Waals surface area contributed by atoms with Gasteiger partial charge in [0.2, 0.25) is 11.8 Å². The molecule has 23 heavy (non-hydrogen) atoms. The van der Waals surface area contributed by atoms with Gasteiger partial charge >= 0.3 is 0 Å². The van der Waals surface area contributed by atoms with E-state index < -0.39 is 6.04 Å². The molecule has 1 aromatic carbocycles. The average Bonchev–Trinajstić information content (AvgIpc) is 3.05. The first-order valence-corrected chi connectivity index (χ1v) is 8.48. The van der Waals surface area contributed by atoms with E-state index in [0.29, 0.717) is 13.0 Å². The van der Waals surface area contributed by atoms with Crippen molar-refractivity contribution in [3.05, 3.63) is 29.8 Å². The van der Waals surface area contributed by atoms with Gasteiger partial charge in [0.15, 0.2) is 0 Å². The fraction of sp³-hybridized carbons (Fsp3) is 0.556. The van der Waals surface area contributed by atoms with Crippen molar-refractivity contribution in [2.45, 2.75) is 38.6 Å². The zero-order valence-corrected chi connectivity index (χ0v) is 13.7. The van der Waals surface area contributed by atoms with Gasteiger partial charge in [-0.25, -0.2) is 0 Å². The van der Waals surface area contributed by atoms with Gasteiger partial charge in [-0.05, 0) is 44.2 Å². The van der Waals surface area contributed by atoms with Gasteiger partial charge < -0.3 is 15.5 Å². The Morgan fingerprint density at radius 1 is 1.09 bits per heavy atom. The van der Waals surface area contributed by atoms with Crippen molar-refractivity contribution in [1.82, 2.24) is 4.90 Å². The van der Waals surface area contributed by atoms with Gasteiger partial charge in [-0.2, -0.15) is 0 Å². The molecule has 5 nitrogen and oxygen atoms in total. The third kappa shape index (κ3) is 3.19. The number of nitrogens with zero attached hydrogens (tertiary/aromatic N) is 2. The predicted molar refractivity (Wildman–Crippen MR) is 90.0 cm³/mol. The summed E-state index contributed by atoms with van der Waals surface area (Å²) < 4.78 is 0. The van der Waals surface area contributed by atoms with Crippen LogP contribution in [-0.2, 0) is 9.59 Å². The number of rotatable bonds is 3. The minimum Gasteiger partial charge on any atom is -0.371 e. The number of piperidine rings is 1. The van der Waals surface area contributed by atoms with Crippen LogP contribution < -0.4 is 10.6 Å². The summed E-state index contributed by atoms with van der Waals surface area (Å²) in [6.07, 6.45) is 3.27. The molecule has 0 spiro atoms. The van der Waals surface area contributed by atoms with Gasteiger partial charge in [-0.3, -0.25) is 9.59 Å². The van der Waals surface area contributed by atoms with Crippen LogP contribution in [0.2, 0.25) is 0 Å². The monoisotopic (exact) mass is 315 g/mol. The van der Waals surface area contributed by atoms with Crippen LogP contribution in [0.5, 0.6) is 0 Å². The van der Waals surface area contributed by atoms with E-state index in [4.69, 9.17) is 5.73 Å². The SMILES string of the molecule is Cc1ccccc1N1CCC(C(=O)N2CCCC2C(N)=O)CC1. The minimum absolute atomic E-state index is 0.0234. The van der Waals surface area contributed by atoms with Crippen molar-refractivity contribution in [3.8, 4) is 0 Å². The normalized spacial score (nSPS) is 22.4. The topological polar surface area (TPSA) is 66.6 Å². The molecule has 124 valence electrons. The molecule has 2 aliphatic heterocycles. The van der Waals surface area contributed by atoms with Gasteiger partial charge in [0.05, 0.1) is 0 Å². The summed E-state index contributed by atoms with van der Waals surface area (Å²) in [5, 5.41) is 0. The standard InChI is InChI=1S/C18H25N3O2/c1-13-5-2-3-6-15(13)20-11-8-14(9-12-20)18(23)21-10-4-7-16(21)17(19)22/h2-3,5-6,14,16H,4,7-12H2,1H3,(H2,19,22). The van der Waals surface area contributed by atoms with E-state index in [-0.39, 0.29) is 17.7 Å². The molecule has 2 N–H and O–H groups in total. The molecule has 2 fully saturated rings. The Morgan fingerprint density at radius 3 is 2.43 bits per heavy atom. The highest BCUT2D eigenvalue weighted by Gasteiger charge is 2.37. The Labute approximate surface area is 137 Å². The lowest BCUT2D eigenvalue weighted by atomic mass is 9.94. The van der Waals surface area contributed by atoms with Crippen LogP contribution in [0.4, 0.5) is 5.69 Å². The first-order chi connectivity index (χ1) is 11.1. The van der Waals surface area contributed by atoms with Gasteiger partial charge in [0, 0.05) is 31.2 Å². The highest BCUT2D eigenvalue weighted by Crippen LogP contribution is 2.29. The van der Waals surface area contributed by atoms with Gasteiger partial charge in [-0.15, -0.1) is 0 Å². The van der Waals surface area contributed by atoms with E-state index in [1.165, 1.54) is 11.3 Å². The molecule has 0 aromatic heterocycles. The second-order valence-corrected chi connectivity index (χ2v) is 6.64. The van der Waals surface area contributed by atoms with Gasteiger partial charge in [0.25, 0.3) is 0 Å². The molecule has 2 saturated heterocycles. The first kappa shape index (κ1) is 15.8. The summed E-state index contributed by atoms with van der Waals surface area (Å²) in [6, 6.07) is 7.97. The Bertz CT molecular complexity index is 594. The van der Waals surface area contributed by atoms with E-state index >= 15 is 0 Å². The summed E-state index contributed by atoms with van der Waals surface area (Å²) in [5.74, 6) is -0.223. The summed E-state index contributed by atoms with van der Waals surface area (Å²) in [6.45, 7) is 4.56. The number of benzene rings is 1. The molecule has 2 heterocycles. The number of primary amides is 1. The lowest BCUT2D eigenvalue weighted by molar-refractivity contribution is -0.141. The number of amides is 2. The molecule has 3 rings (SSSR count). The number of carbonyl (C=O) groups is 2. The summed E-state index contributed by atoms with van der Waals surface area (Å²) in [7, 11) is 0. The predicted octanol–water partition coefficient (Wildman–Crippen LogP) is 1.69. The zero-order valence-electron chi connectivity index (χ0n) is 13.7. The lowest BCUT2D eigenvalue weighted by Gasteiger charge is -2.36. The average molecular weight is 315 g/mol. The number of anilines is 1. The van der Waals surface area contributed by atoms with Crippen molar-refractivity contribution in [2.24, 2.45) is 11.7 Å². The minimum atomic E-state index is -0.392. The number of carbonyl (C=O) groups excluding carboxylic acids is 2. The summed E-state index contributed by atoms with van der Waals surface area (Å²) >= 11 is 0. The molecule has 0 bridgehead atoms. The van der Waals surface area contributed by atoms with Crippen molar-refractivity contribution >= 4 is 17.5 Å². The zero-order chi connectivity index (χ0) is 16.4. The van der Waals surface area contributed by atoms with Crippen LogP contribution in [0.3, 0.4) is 0 Å². The number of nitrogens with two attached hydrogens (primary N) is 1. The van der Waals surface area contributed by atoms with Crippen LogP contribution in [0, 0.1) is 12.8 Å². The molecule has 0 radical (unpaired) electrons. The quantitative estimate of drug-likeness (QED) is 0.923. The molecule has 5 heteroatoms. The molecular weight excluding hydrogens is 290 g/mol. The Morgan fingerprint density at radius 2 is 1.78 bits per heavy atom. The Balaban J connectivity index is 1.62. The van der Waals surface area contributed by atoms with Crippen LogP contribution in [-0.4, -0.2) is 42.4 Å². The second-order valence-electron chi connectivity index (χ2n) is 6.64. The summed E-state index contributed by atoms with van der Waals surface area (Å²) in [4.78, 5) is 28.3. The Hall–Kier alpha value is -2.04. The largest absolute Gasteiger partial charge is 0.371 e. The number of aryl methyl sites for hydroxylation is 1. The van der Waals surface area contributed by atoms with Crippen LogP contribution in [0.1, 0.15) is 31.2 Å². The Kier molecular flexibility index (Phi) is 4.55. The number of hydrogen-bond acceptors (Lipinski definition) is 3. The van der Waals surface area contributed by atoms with Crippen molar-refractivity contribution in [1.29, 1.82) is 0 Å². The highest BCUT2D eigenvalue weighted by atomic mass is 16.2. The molecule has 1 aromatic rings. The molecule has 2 amide bonds. The maximum atomic E-state index is 12.7. The molecule has 2 aliphatic rings. The number of para-hydroxylation sites is 1. The maximum absolute atomic E-state index is 12.7. The van der Waals surface area contributed by atoms with E-state index in [1.54, 1.807) is 4.90 Å². The fourth-order valence-corrected chi connectivity index (χ4v) is 3.85. The van der Waals surface area contributed by atoms with Crippen LogP contribution in [0.25, 0.3) is 0 Å². The van der Waals surface area contributed by atoms with Crippen molar-refractivity contribution in [2.75, 3.05) is 24.5 Å². The van der Waals surface area contributed by atoms with E-state index in [2.05, 4.69) is 30.0 Å². The first-order valence-electron chi connectivity index (χ1n) is 8.48. The molecule has 1 atom stereocenters. The van der Waals surface area contributed by atoms with Gasteiger partial charge in [0.1, 0.15) is 6.04 Å². The van der Waals surface area contributed by atoms with E-state index in [0.717, 1.165) is 32.4 Å². The molecule has 1 unspecified atom stereocenters. The number of likely N-dealkylation sites (tertiary alicyclic amines) is 1. The maximum Gasteiger partial charge on any atom is 0.240 e. The molecule has 0 saturated carbocycles. The second kappa shape index (κ2) is 6.60. The van der Waals surface area contributed by atoms with Crippen molar-refractivity contribution < 1.29 is 9.59 Å². The lowest BCUT2D eigenvalue weighted by Crippen LogP contribution is -2.48. The third-order valence-corrected chi connectivity index (χ3v) is 5.16. The van der Waals surface area contributed by atoms with Crippen LogP contribution in [0.15, 0.2) is 24.3 Å². The fourth-order valence-electron chi connectivity index (χ4n) is 3.85. The van der Waals surface area contributed by atoms with E-state index in [1.807, 2.05) is 6.07 Å². The van der Waals surface area contributed by atoms with Crippen molar-refractivity contribution in [3.63, 3.8) is 0 Å². The van der Waals surface area contributed by atoms with Crippen LogP contribution >= 0.6 is 0 Å². The van der Waals surface area contributed by atoms with E-state index in [9.17, 15) is 9.59 Å². The van der Waals surface area contributed by atoms with Gasteiger partial charge in [-0.1, -0.05) is 18.2 Å². The molecule has 0 aliphatic carbocycles. The summed E-state index contributed by atoms with van der Waals surface area (Å²) in [5.41, 5.74) is 7.96. The third-order valence-electron chi connectivity index (χ3n) is 5.16. The number of hydrogen-bond donors (Lipinski definition) is 1. The highest BCUT2D eigenvalue weighted by molar-refractivity contribution is 5.88. The molecular formula is C18H25N3O2.